The number of rotatable bonds is 5. The molecule has 0 saturated carbocycles. The third kappa shape index (κ3) is 4.85. The highest BCUT2D eigenvalue weighted by atomic mass is 32.2. The Bertz CT molecular complexity index is 1200. The summed E-state index contributed by atoms with van der Waals surface area (Å²) in [5, 5.41) is 2.81. The van der Waals surface area contributed by atoms with Gasteiger partial charge >= 0.3 is 0 Å². The van der Waals surface area contributed by atoms with Gasteiger partial charge < -0.3 is 14.8 Å². The molecule has 0 spiro atoms. The van der Waals surface area contributed by atoms with E-state index in [0.29, 0.717) is 34.6 Å². The number of benzene rings is 3. The number of thioether (sulfide) groups is 1. The average Bonchev–Trinajstić information content (AvgIpc) is 3.30. The molecule has 2 heterocycles. The zero-order valence-electron chi connectivity index (χ0n) is 17.6. The second kappa shape index (κ2) is 9.38. The molecule has 0 aliphatic carbocycles. The van der Waals surface area contributed by atoms with Crippen LogP contribution in [0.5, 0.6) is 11.5 Å². The van der Waals surface area contributed by atoms with Crippen LogP contribution < -0.4 is 14.8 Å². The summed E-state index contributed by atoms with van der Waals surface area (Å²) < 4.78 is 10.8. The molecule has 1 N–H and O–H groups in total. The summed E-state index contributed by atoms with van der Waals surface area (Å²) >= 11 is 1.30. The number of nitrogens with zero attached hydrogens (tertiary/aromatic N) is 2. The normalized spacial score (nSPS) is 18.4. The van der Waals surface area contributed by atoms with Crippen molar-refractivity contribution in [3.8, 4) is 11.5 Å². The molecule has 8 heteroatoms. The van der Waals surface area contributed by atoms with E-state index in [4.69, 9.17) is 14.5 Å². The van der Waals surface area contributed by atoms with Crippen LogP contribution in [0.1, 0.15) is 12.0 Å². The third-order valence-electron chi connectivity index (χ3n) is 5.23. The highest BCUT2D eigenvalue weighted by molar-refractivity contribution is 8.15. The van der Waals surface area contributed by atoms with Crippen LogP contribution in [-0.2, 0) is 16.1 Å². The van der Waals surface area contributed by atoms with Gasteiger partial charge in [-0.2, -0.15) is 0 Å². The molecule has 5 rings (SSSR count). The smallest absolute Gasteiger partial charge is 0.238 e. The SMILES string of the molecule is O=C(Nc1ccccc1)[C@@H]1CC(=O)N(Cc2ccc3c(c2)OCO3)C(=Nc2ccccc2)S1. The lowest BCUT2D eigenvalue weighted by Crippen LogP contribution is -2.44. The number of carbonyl (C=O) groups is 2. The zero-order valence-corrected chi connectivity index (χ0v) is 18.5. The maximum Gasteiger partial charge on any atom is 0.238 e. The first-order valence-electron chi connectivity index (χ1n) is 10.5. The Morgan fingerprint density at radius 3 is 2.52 bits per heavy atom. The molecule has 2 aliphatic heterocycles. The molecule has 166 valence electrons. The van der Waals surface area contributed by atoms with Crippen molar-refractivity contribution < 1.29 is 19.1 Å². The average molecular weight is 460 g/mol. The van der Waals surface area contributed by atoms with Gasteiger partial charge in [0.1, 0.15) is 5.25 Å². The van der Waals surface area contributed by atoms with E-state index in [1.807, 2.05) is 78.9 Å². The number of fused-ring (bicyclic) bond motifs is 1. The molecule has 2 aliphatic rings. The number of carbonyl (C=O) groups excluding carboxylic acids is 2. The van der Waals surface area contributed by atoms with Crippen LogP contribution in [0.4, 0.5) is 11.4 Å². The topological polar surface area (TPSA) is 80.2 Å². The molecule has 3 aromatic rings. The fourth-order valence-electron chi connectivity index (χ4n) is 3.58. The van der Waals surface area contributed by atoms with Gasteiger partial charge in [0.05, 0.1) is 12.2 Å². The van der Waals surface area contributed by atoms with Crippen molar-refractivity contribution in [1.29, 1.82) is 0 Å². The summed E-state index contributed by atoms with van der Waals surface area (Å²) in [6.45, 7) is 0.511. The Kier molecular flexibility index (Phi) is 5.99. The van der Waals surface area contributed by atoms with Crippen molar-refractivity contribution in [2.24, 2.45) is 4.99 Å². The van der Waals surface area contributed by atoms with Crippen molar-refractivity contribution in [2.45, 2.75) is 18.2 Å². The fourth-order valence-corrected chi connectivity index (χ4v) is 4.67. The van der Waals surface area contributed by atoms with Crippen molar-refractivity contribution in [2.75, 3.05) is 12.1 Å². The van der Waals surface area contributed by atoms with Gasteiger partial charge in [0.25, 0.3) is 0 Å². The number of nitrogens with one attached hydrogen (secondary N) is 1. The molecule has 1 fully saturated rings. The molecule has 1 atom stereocenters. The molecule has 7 nitrogen and oxygen atoms in total. The highest BCUT2D eigenvalue weighted by Crippen LogP contribution is 2.35. The van der Waals surface area contributed by atoms with Gasteiger partial charge in [-0.25, -0.2) is 4.99 Å². The van der Waals surface area contributed by atoms with E-state index in [0.717, 1.165) is 5.56 Å². The molecule has 1 saturated heterocycles. The zero-order chi connectivity index (χ0) is 22.6. The number of aliphatic imine (C=N–C) groups is 1. The summed E-state index contributed by atoms with van der Waals surface area (Å²) in [6, 6.07) is 24.2. The van der Waals surface area contributed by atoms with Crippen LogP contribution in [0.15, 0.2) is 83.9 Å². The second-order valence-electron chi connectivity index (χ2n) is 7.56. The Morgan fingerprint density at radius 2 is 1.73 bits per heavy atom. The van der Waals surface area contributed by atoms with Crippen LogP contribution in [0, 0.1) is 0 Å². The van der Waals surface area contributed by atoms with E-state index >= 15 is 0 Å². The van der Waals surface area contributed by atoms with Crippen LogP contribution >= 0.6 is 11.8 Å². The maximum atomic E-state index is 13.2. The van der Waals surface area contributed by atoms with E-state index in [-0.39, 0.29) is 25.0 Å². The number of amidine groups is 1. The Labute approximate surface area is 195 Å². The first-order valence-corrected chi connectivity index (χ1v) is 11.4. The Hall–Kier alpha value is -3.78. The Morgan fingerprint density at radius 1 is 1.00 bits per heavy atom. The van der Waals surface area contributed by atoms with Crippen molar-refractivity contribution in [1.82, 2.24) is 4.90 Å². The van der Waals surface area contributed by atoms with Gasteiger partial charge in [-0.15, -0.1) is 0 Å². The molecule has 0 radical (unpaired) electrons. The van der Waals surface area contributed by atoms with E-state index in [1.54, 1.807) is 4.90 Å². The van der Waals surface area contributed by atoms with Crippen LogP contribution in [-0.4, -0.2) is 33.9 Å². The van der Waals surface area contributed by atoms with Crippen LogP contribution in [0.3, 0.4) is 0 Å². The van der Waals surface area contributed by atoms with Crippen molar-refractivity contribution in [3.05, 3.63) is 84.4 Å². The lowest BCUT2D eigenvalue weighted by molar-refractivity contribution is -0.129. The largest absolute Gasteiger partial charge is 0.454 e. The van der Waals surface area contributed by atoms with E-state index in [2.05, 4.69) is 5.32 Å². The number of para-hydroxylation sites is 2. The first kappa shape index (κ1) is 21.1. The molecular formula is C25H21N3O4S. The molecule has 0 unspecified atom stereocenters. The maximum absolute atomic E-state index is 13.2. The van der Waals surface area contributed by atoms with Crippen LogP contribution in [0.2, 0.25) is 0 Å². The van der Waals surface area contributed by atoms with E-state index < -0.39 is 5.25 Å². The number of amides is 2. The van der Waals surface area contributed by atoms with Gasteiger partial charge in [-0.3, -0.25) is 14.5 Å². The summed E-state index contributed by atoms with van der Waals surface area (Å²) in [5.41, 5.74) is 2.30. The fraction of sp³-hybridized carbons (Fsp3) is 0.160. The van der Waals surface area contributed by atoms with Gasteiger partial charge in [-0.05, 0) is 42.0 Å². The van der Waals surface area contributed by atoms with Crippen molar-refractivity contribution in [3.63, 3.8) is 0 Å². The summed E-state index contributed by atoms with van der Waals surface area (Å²) in [7, 11) is 0. The first-order chi connectivity index (χ1) is 16.2. The van der Waals surface area contributed by atoms with Gasteiger partial charge in [0, 0.05) is 12.1 Å². The molecule has 0 aromatic heterocycles. The van der Waals surface area contributed by atoms with Crippen LogP contribution in [0.25, 0.3) is 0 Å². The summed E-state index contributed by atoms with van der Waals surface area (Å²) in [5.74, 6) is 0.970. The molecule has 33 heavy (non-hydrogen) atoms. The predicted molar refractivity (Wildman–Crippen MR) is 128 cm³/mol. The van der Waals surface area contributed by atoms with E-state index in [1.165, 1.54) is 11.8 Å². The number of hydrogen-bond acceptors (Lipinski definition) is 6. The molecular weight excluding hydrogens is 438 g/mol. The van der Waals surface area contributed by atoms with Gasteiger partial charge in [-0.1, -0.05) is 54.2 Å². The molecule has 3 aromatic carbocycles. The number of ether oxygens (including phenoxy) is 2. The lowest BCUT2D eigenvalue weighted by Gasteiger charge is -2.32. The Balaban J connectivity index is 1.40. The van der Waals surface area contributed by atoms with E-state index in [9.17, 15) is 9.59 Å². The minimum absolute atomic E-state index is 0.0850. The van der Waals surface area contributed by atoms with Gasteiger partial charge in [0.2, 0.25) is 18.6 Å². The standard InChI is InChI=1S/C25H21N3O4S/c29-23-14-22(24(30)26-18-7-3-1-4-8-18)33-25(27-19-9-5-2-6-10-19)28(23)15-17-11-12-20-21(13-17)32-16-31-20/h1-13,22H,14-16H2,(H,26,30)/t22-/m0/s1. The quantitative estimate of drug-likeness (QED) is 0.604. The minimum Gasteiger partial charge on any atom is -0.454 e. The number of anilines is 1. The van der Waals surface area contributed by atoms with Crippen molar-refractivity contribution >= 4 is 40.1 Å². The molecule has 2 amide bonds. The third-order valence-corrected chi connectivity index (χ3v) is 6.42. The monoisotopic (exact) mass is 459 g/mol. The van der Waals surface area contributed by atoms with Gasteiger partial charge in [0.15, 0.2) is 16.7 Å². The minimum atomic E-state index is -0.576. The summed E-state index contributed by atoms with van der Waals surface area (Å²) in [4.78, 5) is 32.4. The number of hydrogen-bond donors (Lipinski definition) is 1. The second-order valence-corrected chi connectivity index (χ2v) is 8.73. The molecule has 0 bridgehead atoms. The summed E-state index contributed by atoms with van der Waals surface area (Å²) in [6.07, 6.45) is 0.0850. The lowest BCUT2D eigenvalue weighted by atomic mass is 10.1. The highest BCUT2D eigenvalue weighted by Gasteiger charge is 2.36. The predicted octanol–water partition coefficient (Wildman–Crippen LogP) is 4.58.